The summed E-state index contributed by atoms with van der Waals surface area (Å²) in [7, 11) is 0. The fourth-order valence-electron chi connectivity index (χ4n) is 1.48. The van der Waals surface area contributed by atoms with Crippen molar-refractivity contribution >= 4 is 21.8 Å². The van der Waals surface area contributed by atoms with Crippen molar-refractivity contribution in [2.24, 2.45) is 11.5 Å². The van der Waals surface area contributed by atoms with Crippen molar-refractivity contribution in [3.05, 3.63) is 28.2 Å². The largest absolute Gasteiger partial charge is 0.480 e. The Morgan fingerprint density at radius 3 is 2.65 bits per heavy atom. The minimum absolute atomic E-state index is 0.163. The second-order valence-electron chi connectivity index (χ2n) is 3.89. The molecule has 0 fully saturated rings. The van der Waals surface area contributed by atoms with Gasteiger partial charge in [0.25, 0.3) is 5.91 Å². The van der Waals surface area contributed by atoms with Crippen molar-refractivity contribution in [2.45, 2.75) is 32.4 Å². The standard InChI is InChI=1S/C12H17BrN2O2/c1-3-10(12(15)16)17-11-6-8(13)4-5-9(11)7(2)14/h4-7,10H,3,14H2,1-2H3,(H2,15,16)/t7-,10?/m1/s1. The lowest BCUT2D eigenvalue weighted by molar-refractivity contribution is -0.124. The molecule has 0 bridgehead atoms. The number of halogens is 1. The summed E-state index contributed by atoms with van der Waals surface area (Å²) in [6.45, 7) is 3.71. The summed E-state index contributed by atoms with van der Waals surface area (Å²) >= 11 is 3.36. The predicted octanol–water partition coefficient (Wildman–Crippen LogP) is 2.11. The molecule has 1 rings (SSSR count). The number of amides is 1. The van der Waals surface area contributed by atoms with E-state index in [1.165, 1.54) is 0 Å². The predicted molar refractivity (Wildman–Crippen MR) is 70.6 cm³/mol. The molecule has 0 aromatic heterocycles. The Bertz CT molecular complexity index is 407. The lowest BCUT2D eigenvalue weighted by Crippen LogP contribution is -2.33. The summed E-state index contributed by atoms with van der Waals surface area (Å²) in [5, 5.41) is 0. The molecule has 94 valence electrons. The number of primary amides is 1. The highest BCUT2D eigenvalue weighted by Gasteiger charge is 2.17. The molecule has 1 aromatic carbocycles. The molecule has 4 nitrogen and oxygen atoms in total. The number of hydrogen-bond acceptors (Lipinski definition) is 3. The van der Waals surface area contributed by atoms with Gasteiger partial charge < -0.3 is 16.2 Å². The van der Waals surface area contributed by atoms with Gasteiger partial charge in [-0.3, -0.25) is 4.79 Å². The number of carbonyl (C=O) groups is 1. The third kappa shape index (κ3) is 3.71. The van der Waals surface area contributed by atoms with Crippen molar-refractivity contribution in [1.29, 1.82) is 0 Å². The Kier molecular flexibility index (Phi) is 4.96. The number of benzene rings is 1. The summed E-state index contributed by atoms with van der Waals surface area (Å²) in [4.78, 5) is 11.2. The van der Waals surface area contributed by atoms with Crippen molar-refractivity contribution in [1.82, 2.24) is 0 Å². The van der Waals surface area contributed by atoms with E-state index < -0.39 is 12.0 Å². The van der Waals surface area contributed by atoms with Crippen LogP contribution in [0.2, 0.25) is 0 Å². The molecular weight excluding hydrogens is 284 g/mol. The lowest BCUT2D eigenvalue weighted by Gasteiger charge is -2.19. The molecule has 5 heteroatoms. The fraction of sp³-hybridized carbons (Fsp3) is 0.417. The van der Waals surface area contributed by atoms with Gasteiger partial charge in [0, 0.05) is 16.1 Å². The third-order valence-electron chi connectivity index (χ3n) is 2.42. The highest BCUT2D eigenvalue weighted by molar-refractivity contribution is 9.10. The number of ether oxygens (including phenoxy) is 1. The van der Waals surface area contributed by atoms with Gasteiger partial charge in [-0.1, -0.05) is 28.9 Å². The maximum absolute atomic E-state index is 11.2. The highest BCUT2D eigenvalue weighted by Crippen LogP contribution is 2.28. The van der Waals surface area contributed by atoms with Crippen LogP contribution in [0, 0.1) is 0 Å². The molecule has 1 amide bonds. The Morgan fingerprint density at radius 2 is 2.18 bits per heavy atom. The monoisotopic (exact) mass is 300 g/mol. The molecule has 0 radical (unpaired) electrons. The minimum Gasteiger partial charge on any atom is -0.480 e. The number of nitrogens with two attached hydrogens (primary N) is 2. The van der Waals surface area contributed by atoms with Gasteiger partial charge in [0.1, 0.15) is 5.75 Å². The zero-order valence-corrected chi connectivity index (χ0v) is 11.5. The average molecular weight is 301 g/mol. The van der Waals surface area contributed by atoms with E-state index in [1.54, 1.807) is 6.07 Å². The first-order valence-corrected chi connectivity index (χ1v) is 6.26. The zero-order valence-electron chi connectivity index (χ0n) is 9.94. The van der Waals surface area contributed by atoms with E-state index in [1.807, 2.05) is 26.0 Å². The Labute approximate surface area is 109 Å². The van der Waals surface area contributed by atoms with Gasteiger partial charge in [0.05, 0.1) is 0 Å². The van der Waals surface area contributed by atoms with Gasteiger partial charge in [0.15, 0.2) is 6.10 Å². The number of rotatable bonds is 5. The van der Waals surface area contributed by atoms with Crippen LogP contribution in [0.3, 0.4) is 0 Å². The summed E-state index contributed by atoms with van der Waals surface area (Å²) in [5.41, 5.74) is 12.0. The molecule has 0 aliphatic rings. The highest BCUT2D eigenvalue weighted by atomic mass is 79.9. The van der Waals surface area contributed by atoms with E-state index in [4.69, 9.17) is 16.2 Å². The molecule has 1 aromatic rings. The molecule has 0 spiro atoms. The molecule has 0 saturated carbocycles. The van der Waals surface area contributed by atoms with Crippen LogP contribution in [0.15, 0.2) is 22.7 Å². The zero-order chi connectivity index (χ0) is 13.0. The first-order chi connectivity index (χ1) is 7.95. The Balaban J connectivity index is 3.02. The second kappa shape index (κ2) is 6.02. The molecule has 17 heavy (non-hydrogen) atoms. The summed E-state index contributed by atoms with van der Waals surface area (Å²) in [6, 6.07) is 5.39. The fourth-order valence-corrected chi connectivity index (χ4v) is 1.82. The van der Waals surface area contributed by atoms with Crippen LogP contribution in [-0.2, 0) is 4.79 Å². The molecule has 0 heterocycles. The normalized spacial score (nSPS) is 14.1. The van der Waals surface area contributed by atoms with E-state index in [0.717, 1.165) is 10.0 Å². The quantitative estimate of drug-likeness (QED) is 0.874. The van der Waals surface area contributed by atoms with Crippen LogP contribution in [0.1, 0.15) is 31.9 Å². The van der Waals surface area contributed by atoms with Gasteiger partial charge in [-0.2, -0.15) is 0 Å². The van der Waals surface area contributed by atoms with Gasteiger partial charge in [-0.05, 0) is 25.5 Å². The van der Waals surface area contributed by atoms with Gasteiger partial charge in [0.2, 0.25) is 0 Å². The van der Waals surface area contributed by atoms with E-state index >= 15 is 0 Å². The summed E-state index contributed by atoms with van der Waals surface area (Å²) in [5.74, 6) is 0.128. The average Bonchev–Trinajstić information content (AvgIpc) is 2.25. The molecule has 0 saturated heterocycles. The Morgan fingerprint density at radius 1 is 1.53 bits per heavy atom. The number of carbonyl (C=O) groups excluding carboxylic acids is 1. The number of hydrogen-bond donors (Lipinski definition) is 2. The maximum atomic E-state index is 11.2. The first-order valence-electron chi connectivity index (χ1n) is 5.46. The lowest BCUT2D eigenvalue weighted by atomic mass is 10.1. The molecular formula is C12H17BrN2O2. The van der Waals surface area contributed by atoms with Gasteiger partial charge in [-0.25, -0.2) is 0 Å². The van der Waals surface area contributed by atoms with Crippen LogP contribution in [0.4, 0.5) is 0 Å². The van der Waals surface area contributed by atoms with Gasteiger partial charge in [-0.15, -0.1) is 0 Å². The van der Waals surface area contributed by atoms with E-state index in [9.17, 15) is 4.79 Å². The summed E-state index contributed by atoms with van der Waals surface area (Å²) in [6.07, 6.45) is -0.0953. The van der Waals surface area contributed by atoms with Crippen LogP contribution in [-0.4, -0.2) is 12.0 Å². The third-order valence-corrected chi connectivity index (χ3v) is 2.92. The Hall–Kier alpha value is -1.07. The van der Waals surface area contributed by atoms with Crippen molar-refractivity contribution in [3.63, 3.8) is 0 Å². The topological polar surface area (TPSA) is 78.3 Å². The molecule has 1 unspecified atom stereocenters. The molecule has 2 atom stereocenters. The summed E-state index contributed by atoms with van der Waals surface area (Å²) < 4.78 is 6.49. The van der Waals surface area contributed by atoms with Crippen LogP contribution in [0.25, 0.3) is 0 Å². The van der Waals surface area contributed by atoms with E-state index in [2.05, 4.69) is 15.9 Å². The first kappa shape index (κ1) is 14.0. The van der Waals surface area contributed by atoms with Crippen LogP contribution < -0.4 is 16.2 Å². The SMILES string of the molecule is CCC(Oc1cc(Br)ccc1[C@@H](C)N)C(N)=O. The van der Waals surface area contributed by atoms with E-state index in [0.29, 0.717) is 12.2 Å². The van der Waals surface area contributed by atoms with Crippen molar-refractivity contribution in [2.75, 3.05) is 0 Å². The molecule has 4 N–H and O–H groups in total. The molecule has 0 aliphatic carbocycles. The smallest absolute Gasteiger partial charge is 0.258 e. The maximum Gasteiger partial charge on any atom is 0.258 e. The van der Waals surface area contributed by atoms with Crippen molar-refractivity contribution in [3.8, 4) is 5.75 Å². The molecule has 0 aliphatic heterocycles. The van der Waals surface area contributed by atoms with Gasteiger partial charge >= 0.3 is 0 Å². The van der Waals surface area contributed by atoms with Crippen LogP contribution in [0.5, 0.6) is 5.75 Å². The second-order valence-corrected chi connectivity index (χ2v) is 4.80. The van der Waals surface area contributed by atoms with Crippen molar-refractivity contribution < 1.29 is 9.53 Å². The minimum atomic E-state index is -0.623. The van der Waals surface area contributed by atoms with E-state index in [-0.39, 0.29) is 6.04 Å². The van der Waals surface area contributed by atoms with Crippen LogP contribution >= 0.6 is 15.9 Å².